The molecule has 146 valence electrons. The Hall–Kier alpha value is -1.54. The second-order valence-corrected chi connectivity index (χ2v) is 8.51. The standard InChI is InChI=1S/C20H28N4O3/c25-19(24-8-1-9-27-24)18-12-26-20(15-23(18)11-16-2-3-16)13-22(14-20)10-17-4-6-21-7-5-17/h4-7,16,18H,1-3,8-15H2. The predicted octanol–water partition coefficient (Wildman–Crippen LogP) is 0.911. The highest BCUT2D eigenvalue weighted by Crippen LogP contribution is 2.36. The molecule has 1 saturated carbocycles. The van der Waals surface area contributed by atoms with Crippen molar-refractivity contribution in [3.8, 4) is 0 Å². The van der Waals surface area contributed by atoms with Gasteiger partial charge < -0.3 is 4.74 Å². The molecule has 4 aliphatic rings. The number of ether oxygens (including phenoxy) is 1. The highest BCUT2D eigenvalue weighted by molar-refractivity contribution is 5.81. The van der Waals surface area contributed by atoms with Gasteiger partial charge in [-0.05, 0) is 42.9 Å². The molecule has 0 bridgehead atoms. The summed E-state index contributed by atoms with van der Waals surface area (Å²) in [5.74, 6) is 0.832. The highest BCUT2D eigenvalue weighted by atomic mass is 16.7. The number of hydroxylamine groups is 2. The number of nitrogens with zero attached hydrogens (tertiary/aromatic N) is 4. The van der Waals surface area contributed by atoms with Crippen LogP contribution in [0.1, 0.15) is 24.8 Å². The number of hydrogen-bond donors (Lipinski definition) is 0. The molecule has 4 fully saturated rings. The van der Waals surface area contributed by atoms with Crippen LogP contribution in [-0.4, -0.2) is 83.3 Å². The summed E-state index contributed by atoms with van der Waals surface area (Å²) in [6, 6.07) is 3.94. The van der Waals surface area contributed by atoms with Crippen LogP contribution in [-0.2, 0) is 20.9 Å². The Kier molecular flexibility index (Phi) is 4.63. The summed E-state index contributed by atoms with van der Waals surface area (Å²) >= 11 is 0. The quantitative estimate of drug-likeness (QED) is 0.766. The third kappa shape index (κ3) is 3.74. The van der Waals surface area contributed by atoms with Gasteiger partial charge in [-0.15, -0.1) is 0 Å². The lowest BCUT2D eigenvalue weighted by Crippen LogP contribution is -2.72. The average Bonchev–Trinajstić information content (AvgIpc) is 3.30. The molecular formula is C20H28N4O3. The van der Waals surface area contributed by atoms with E-state index in [0.29, 0.717) is 19.8 Å². The van der Waals surface area contributed by atoms with E-state index in [1.54, 1.807) is 5.06 Å². The maximum absolute atomic E-state index is 12.9. The zero-order chi connectivity index (χ0) is 18.3. The number of carbonyl (C=O) groups is 1. The Labute approximate surface area is 160 Å². The minimum absolute atomic E-state index is 0.0796. The third-order valence-electron chi connectivity index (χ3n) is 6.13. The van der Waals surface area contributed by atoms with Crippen LogP contribution in [0.25, 0.3) is 0 Å². The molecule has 1 unspecified atom stereocenters. The Bertz CT molecular complexity index is 669. The fourth-order valence-electron chi connectivity index (χ4n) is 4.54. The van der Waals surface area contributed by atoms with Crippen LogP contribution in [0.4, 0.5) is 0 Å². The molecule has 5 rings (SSSR count). The molecule has 0 radical (unpaired) electrons. The number of hydrogen-bond acceptors (Lipinski definition) is 6. The van der Waals surface area contributed by atoms with Gasteiger partial charge in [0.2, 0.25) is 0 Å². The molecule has 7 nitrogen and oxygen atoms in total. The fraction of sp³-hybridized carbons (Fsp3) is 0.700. The van der Waals surface area contributed by atoms with E-state index >= 15 is 0 Å². The Morgan fingerprint density at radius 2 is 2.04 bits per heavy atom. The third-order valence-corrected chi connectivity index (χ3v) is 6.13. The number of likely N-dealkylation sites (tertiary alicyclic amines) is 1. The molecule has 1 atom stereocenters. The van der Waals surface area contributed by atoms with Crippen molar-refractivity contribution in [1.29, 1.82) is 0 Å². The van der Waals surface area contributed by atoms with Gasteiger partial charge in [-0.25, -0.2) is 5.06 Å². The first-order valence-corrected chi connectivity index (χ1v) is 10.1. The van der Waals surface area contributed by atoms with Gasteiger partial charge in [-0.1, -0.05) is 0 Å². The fourth-order valence-corrected chi connectivity index (χ4v) is 4.54. The van der Waals surface area contributed by atoms with Crippen molar-refractivity contribution >= 4 is 5.91 Å². The Morgan fingerprint density at radius 1 is 1.22 bits per heavy atom. The van der Waals surface area contributed by atoms with Crippen molar-refractivity contribution in [1.82, 2.24) is 19.8 Å². The monoisotopic (exact) mass is 372 g/mol. The van der Waals surface area contributed by atoms with Gasteiger partial charge in [-0.3, -0.25) is 24.4 Å². The lowest BCUT2D eigenvalue weighted by Gasteiger charge is -2.55. The largest absolute Gasteiger partial charge is 0.369 e. The molecule has 1 aromatic rings. The zero-order valence-electron chi connectivity index (χ0n) is 15.8. The second kappa shape index (κ2) is 7.13. The molecular weight excluding hydrogens is 344 g/mol. The van der Waals surface area contributed by atoms with Crippen LogP contribution in [0.2, 0.25) is 0 Å². The lowest BCUT2D eigenvalue weighted by atomic mass is 9.89. The van der Waals surface area contributed by atoms with E-state index in [9.17, 15) is 4.79 Å². The summed E-state index contributed by atoms with van der Waals surface area (Å²) in [5.41, 5.74) is 1.16. The normalized spacial score (nSPS) is 28.4. The minimum atomic E-state index is -0.191. The van der Waals surface area contributed by atoms with Crippen LogP contribution in [0.5, 0.6) is 0 Å². The first-order chi connectivity index (χ1) is 13.2. The summed E-state index contributed by atoms with van der Waals surface area (Å²) in [7, 11) is 0. The van der Waals surface area contributed by atoms with Gasteiger partial charge in [0.15, 0.2) is 0 Å². The van der Waals surface area contributed by atoms with Crippen molar-refractivity contribution < 1.29 is 14.4 Å². The van der Waals surface area contributed by atoms with E-state index in [0.717, 1.165) is 45.1 Å². The minimum Gasteiger partial charge on any atom is -0.369 e. The summed E-state index contributed by atoms with van der Waals surface area (Å²) in [4.78, 5) is 27.3. The zero-order valence-corrected chi connectivity index (χ0v) is 15.8. The maximum Gasteiger partial charge on any atom is 0.265 e. The van der Waals surface area contributed by atoms with E-state index in [4.69, 9.17) is 9.57 Å². The van der Waals surface area contributed by atoms with Gasteiger partial charge in [0.05, 0.1) is 19.8 Å². The molecule has 3 aliphatic heterocycles. The smallest absolute Gasteiger partial charge is 0.265 e. The number of aromatic nitrogens is 1. The van der Waals surface area contributed by atoms with E-state index < -0.39 is 0 Å². The van der Waals surface area contributed by atoms with Crippen LogP contribution >= 0.6 is 0 Å². The van der Waals surface area contributed by atoms with Crippen LogP contribution < -0.4 is 0 Å². The summed E-state index contributed by atoms with van der Waals surface area (Å²) < 4.78 is 6.30. The lowest BCUT2D eigenvalue weighted by molar-refractivity contribution is -0.216. The number of carbonyl (C=O) groups excluding carboxylic acids is 1. The summed E-state index contributed by atoms with van der Waals surface area (Å²) in [6.07, 6.45) is 7.20. The number of morpholine rings is 1. The Balaban J connectivity index is 1.21. The molecule has 1 aromatic heterocycles. The average molecular weight is 372 g/mol. The molecule has 4 heterocycles. The molecule has 1 aliphatic carbocycles. The first-order valence-electron chi connectivity index (χ1n) is 10.1. The van der Waals surface area contributed by atoms with Crippen molar-refractivity contribution in [2.24, 2.45) is 5.92 Å². The second-order valence-electron chi connectivity index (χ2n) is 8.51. The van der Waals surface area contributed by atoms with Gasteiger partial charge in [0, 0.05) is 45.1 Å². The molecule has 7 heteroatoms. The van der Waals surface area contributed by atoms with E-state index in [1.807, 2.05) is 12.4 Å². The summed E-state index contributed by atoms with van der Waals surface area (Å²) in [6.45, 7) is 6.48. The van der Waals surface area contributed by atoms with Crippen LogP contribution in [0, 0.1) is 5.92 Å². The van der Waals surface area contributed by atoms with Crippen LogP contribution in [0.15, 0.2) is 24.5 Å². The molecule has 0 aromatic carbocycles. The van der Waals surface area contributed by atoms with Crippen molar-refractivity contribution in [2.45, 2.75) is 37.5 Å². The van der Waals surface area contributed by atoms with Gasteiger partial charge in [0.1, 0.15) is 11.6 Å². The number of amides is 1. The van der Waals surface area contributed by atoms with Crippen molar-refractivity contribution in [3.63, 3.8) is 0 Å². The van der Waals surface area contributed by atoms with Crippen molar-refractivity contribution in [2.75, 3.05) is 45.9 Å². The van der Waals surface area contributed by atoms with Gasteiger partial charge in [-0.2, -0.15) is 0 Å². The van der Waals surface area contributed by atoms with Gasteiger partial charge >= 0.3 is 0 Å². The maximum atomic E-state index is 12.9. The van der Waals surface area contributed by atoms with Gasteiger partial charge in [0.25, 0.3) is 5.91 Å². The molecule has 1 amide bonds. The summed E-state index contributed by atoms with van der Waals surface area (Å²) in [5, 5.41) is 1.56. The molecule has 3 saturated heterocycles. The Morgan fingerprint density at radius 3 is 2.74 bits per heavy atom. The van der Waals surface area contributed by atoms with Crippen molar-refractivity contribution in [3.05, 3.63) is 30.1 Å². The number of pyridine rings is 1. The molecule has 27 heavy (non-hydrogen) atoms. The van der Waals surface area contributed by atoms with E-state index in [-0.39, 0.29) is 17.6 Å². The SMILES string of the molecule is O=C(C1COC2(CN(Cc3ccncc3)C2)CN1CC1CC1)N1CCCO1. The highest BCUT2D eigenvalue weighted by Gasteiger charge is 2.51. The number of rotatable bonds is 5. The first kappa shape index (κ1) is 17.6. The van der Waals surface area contributed by atoms with Crippen LogP contribution in [0.3, 0.4) is 0 Å². The van der Waals surface area contributed by atoms with E-state index in [1.165, 1.54) is 18.4 Å². The predicted molar refractivity (Wildman–Crippen MR) is 98.6 cm³/mol. The molecule has 1 spiro atoms. The van der Waals surface area contributed by atoms with E-state index in [2.05, 4.69) is 26.9 Å². The molecule has 0 N–H and O–H groups in total. The topological polar surface area (TPSA) is 58.1 Å².